The van der Waals surface area contributed by atoms with Gasteiger partial charge in [-0.25, -0.2) is 12.8 Å². The van der Waals surface area contributed by atoms with Crippen LogP contribution < -0.4 is 4.74 Å². The first-order valence-corrected chi connectivity index (χ1v) is 10.0. The van der Waals surface area contributed by atoms with Crippen molar-refractivity contribution in [1.82, 2.24) is 9.21 Å². The minimum Gasteiger partial charge on any atom is -0.497 e. The molecular weight excluding hydrogens is 379 g/mol. The minimum atomic E-state index is -3.52. The van der Waals surface area contributed by atoms with Crippen molar-refractivity contribution < 1.29 is 17.5 Å². The van der Waals surface area contributed by atoms with E-state index in [2.05, 4.69) is 4.90 Å². The zero-order valence-electron chi connectivity index (χ0n) is 14.4. The smallest absolute Gasteiger partial charge is 0.243 e. The molecule has 5 nitrogen and oxygen atoms in total. The van der Waals surface area contributed by atoms with Crippen LogP contribution in [0.4, 0.5) is 4.39 Å². The second-order valence-electron chi connectivity index (χ2n) is 6.09. The standard InChI is InChI=1S/C18H20ClFN2O3S/c1-25-16-4-6-17(7-5-16)26(23,24)22-10-8-21(9-11-22)13-14-2-3-15(20)12-18(14)19/h2-7,12H,8-11,13H2,1H3. The molecule has 1 fully saturated rings. The summed E-state index contributed by atoms with van der Waals surface area (Å²) in [7, 11) is -1.98. The largest absolute Gasteiger partial charge is 0.497 e. The SMILES string of the molecule is COc1ccc(S(=O)(=O)N2CCN(Cc3ccc(F)cc3Cl)CC2)cc1. The maximum Gasteiger partial charge on any atom is 0.243 e. The van der Waals surface area contributed by atoms with Crippen molar-refractivity contribution in [2.24, 2.45) is 0 Å². The summed E-state index contributed by atoms with van der Waals surface area (Å²) in [6.45, 7) is 2.53. The van der Waals surface area contributed by atoms with Gasteiger partial charge in [-0.2, -0.15) is 4.31 Å². The molecule has 8 heteroatoms. The van der Waals surface area contributed by atoms with E-state index in [1.807, 2.05) is 0 Å². The summed E-state index contributed by atoms with van der Waals surface area (Å²) in [5.41, 5.74) is 0.833. The van der Waals surface area contributed by atoms with Crippen molar-refractivity contribution in [3.8, 4) is 5.75 Å². The lowest BCUT2D eigenvalue weighted by atomic mass is 10.2. The molecule has 0 unspecified atom stereocenters. The predicted molar refractivity (Wildman–Crippen MR) is 98.4 cm³/mol. The molecule has 140 valence electrons. The molecule has 0 amide bonds. The van der Waals surface area contributed by atoms with Crippen LogP contribution in [0.5, 0.6) is 5.75 Å². The lowest BCUT2D eigenvalue weighted by Crippen LogP contribution is -2.48. The van der Waals surface area contributed by atoms with Crippen molar-refractivity contribution in [2.75, 3.05) is 33.3 Å². The third kappa shape index (κ3) is 4.17. The quantitative estimate of drug-likeness (QED) is 0.777. The molecule has 1 saturated heterocycles. The van der Waals surface area contributed by atoms with E-state index in [-0.39, 0.29) is 10.7 Å². The van der Waals surface area contributed by atoms with Crippen LogP contribution in [0, 0.1) is 5.82 Å². The first-order valence-electron chi connectivity index (χ1n) is 8.20. The maximum absolute atomic E-state index is 13.1. The van der Waals surface area contributed by atoms with E-state index in [0.29, 0.717) is 43.5 Å². The monoisotopic (exact) mass is 398 g/mol. The maximum atomic E-state index is 13.1. The highest BCUT2D eigenvalue weighted by Crippen LogP contribution is 2.23. The molecular formula is C18H20ClFN2O3S. The number of hydrogen-bond donors (Lipinski definition) is 0. The predicted octanol–water partition coefficient (Wildman–Crippen LogP) is 2.99. The summed E-state index contributed by atoms with van der Waals surface area (Å²) >= 11 is 6.07. The zero-order valence-corrected chi connectivity index (χ0v) is 15.9. The van der Waals surface area contributed by atoms with E-state index in [0.717, 1.165) is 5.56 Å². The van der Waals surface area contributed by atoms with Gasteiger partial charge in [-0.15, -0.1) is 0 Å². The van der Waals surface area contributed by atoms with Gasteiger partial charge in [0, 0.05) is 37.7 Å². The van der Waals surface area contributed by atoms with Crippen molar-refractivity contribution in [3.63, 3.8) is 0 Å². The number of halogens is 2. The molecule has 1 aliphatic heterocycles. The first kappa shape index (κ1) is 19.1. The van der Waals surface area contributed by atoms with Crippen molar-refractivity contribution >= 4 is 21.6 Å². The van der Waals surface area contributed by atoms with Crippen molar-refractivity contribution in [2.45, 2.75) is 11.4 Å². The van der Waals surface area contributed by atoms with E-state index in [4.69, 9.17) is 16.3 Å². The molecule has 2 aromatic rings. The molecule has 2 aromatic carbocycles. The second kappa shape index (κ2) is 7.92. The molecule has 0 atom stereocenters. The van der Waals surface area contributed by atoms with Crippen LogP contribution in [0.3, 0.4) is 0 Å². The van der Waals surface area contributed by atoms with Gasteiger partial charge in [0.15, 0.2) is 0 Å². The van der Waals surface area contributed by atoms with Gasteiger partial charge < -0.3 is 4.74 Å². The molecule has 26 heavy (non-hydrogen) atoms. The number of methoxy groups -OCH3 is 1. The Morgan fingerprint density at radius 3 is 2.31 bits per heavy atom. The van der Waals surface area contributed by atoms with E-state index < -0.39 is 10.0 Å². The van der Waals surface area contributed by atoms with Crippen LogP contribution in [0.15, 0.2) is 47.4 Å². The fourth-order valence-corrected chi connectivity index (χ4v) is 4.56. The minimum absolute atomic E-state index is 0.258. The summed E-state index contributed by atoms with van der Waals surface area (Å²) in [5.74, 6) is 0.249. The number of benzene rings is 2. The van der Waals surface area contributed by atoms with E-state index >= 15 is 0 Å². The molecule has 1 heterocycles. The fourth-order valence-electron chi connectivity index (χ4n) is 2.92. The average molecular weight is 399 g/mol. The number of rotatable bonds is 5. The van der Waals surface area contributed by atoms with Crippen LogP contribution in [0.1, 0.15) is 5.56 Å². The summed E-state index contributed by atoms with van der Waals surface area (Å²) in [5, 5.41) is 0.387. The summed E-state index contributed by atoms with van der Waals surface area (Å²) < 4.78 is 45.2. The Morgan fingerprint density at radius 2 is 1.73 bits per heavy atom. The van der Waals surface area contributed by atoms with Crippen LogP contribution in [0.2, 0.25) is 5.02 Å². The van der Waals surface area contributed by atoms with Crippen LogP contribution in [-0.2, 0) is 16.6 Å². The Morgan fingerprint density at radius 1 is 1.08 bits per heavy atom. The highest BCUT2D eigenvalue weighted by Gasteiger charge is 2.28. The molecule has 0 spiro atoms. The number of piperazine rings is 1. The van der Waals surface area contributed by atoms with Gasteiger partial charge in [-0.1, -0.05) is 17.7 Å². The van der Waals surface area contributed by atoms with Crippen molar-refractivity contribution in [1.29, 1.82) is 0 Å². The number of ether oxygens (including phenoxy) is 1. The lowest BCUT2D eigenvalue weighted by molar-refractivity contribution is 0.181. The molecule has 0 bridgehead atoms. The Labute approximate surface area is 158 Å². The molecule has 1 aliphatic rings. The summed E-state index contributed by atoms with van der Waals surface area (Å²) in [6, 6.07) is 10.7. The number of nitrogens with zero attached hydrogens (tertiary/aromatic N) is 2. The highest BCUT2D eigenvalue weighted by molar-refractivity contribution is 7.89. The second-order valence-corrected chi connectivity index (χ2v) is 8.44. The molecule has 0 aromatic heterocycles. The molecule has 0 radical (unpaired) electrons. The van der Waals surface area contributed by atoms with Gasteiger partial charge >= 0.3 is 0 Å². The van der Waals surface area contributed by atoms with Crippen LogP contribution >= 0.6 is 11.6 Å². The molecule has 0 aliphatic carbocycles. The van der Waals surface area contributed by atoms with E-state index in [1.165, 1.54) is 23.5 Å². The number of hydrogen-bond acceptors (Lipinski definition) is 4. The van der Waals surface area contributed by atoms with Crippen LogP contribution in [-0.4, -0.2) is 50.9 Å². The average Bonchev–Trinajstić information content (AvgIpc) is 2.64. The van der Waals surface area contributed by atoms with Gasteiger partial charge in [0.05, 0.1) is 12.0 Å². The highest BCUT2D eigenvalue weighted by atomic mass is 35.5. The summed E-state index contributed by atoms with van der Waals surface area (Å²) in [4.78, 5) is 2.37. The zero-order chi connectivity index (χ0) is 18.7. The topological polar surface area (TPSA) is 49.9 Å². The fraction of sp³-hybridized carbons (Fsp3) is 0.333. The molecule has 3 rings (SSSR count). The molecule has 0 saturated carbocycles. The Kier molecular flexibility index (Phi) is 5.82. The van der Waals surface area contributed by atoms with Crippen LogP contribution in [0.25, 0.3) is 0 Å². The third-order valence-electron chi connectivity index (χ3n) is 4.44. The molecule has 0 N–H and O–H groups in total. The van der Waals surface area contributed by atoms with Crippen molar-refractivity contribution in [3.05, 3.63) is 58.9 Å². The normalized spacial score (nSPS) is 16.6. The Balaban J connectivity index is 1.63. The van der Waals surface area contributed by atoms with E-state index in [1.54, 1.807) is 30.3 Å². The summed E-state index contributed by atoms with van der Waals surface area (Å²) in [6.07, 6.45) is 0. The van der Waals surface area contributed by atoms with Gasteiger partial charge in [0.25, 0.3) is 0 Å². The van der Waals surface area contributed by atoms with Gasteiger partial charge in [0.1, 0.15) is 11.6 Å². The first-order chi connectivity index (χ1) is 12.4. The van der Waals surface area contributed by atoms with Gasteiger partial charge in [0.2, 0.25) is 10.0 Å². The third-order valence-corrected chi connectivity index (χ3v) is 6.70. The lowest BCUT2D eigenvalue weighted by Gasteiger charge is -2.34. The Bertz CT molecular complexity index is 867. The Hall–Kier alpha value is -1.67. The number of sulfonamides is 1. The van der Waals surface area contributed by atoms with Gasteiger partial charge in [-0.05, 0) is 42.0 Å². The van der Waals surface area contributed by atoms with Gasteiger partial charge in [-0.3, -0.25) is 4.90 Å². The van der Waals surface area contributed by atoms with E-state index in [9.17, 15) is 12.8 Å².